The van der Waals surface area contributed by atoms with Crippen molar-refractivity contribution in [3.8, 4) is 5.75 Å². The highest BCUT2D eigenvalue weighted by Crippen LogP contribution is 2.23. The Bertz CT molecular complexity index is 755. The Hall–Kier alpha value is -2.82. The van der Waals surface area contributed by atoms with Crippen molar-refractivity contribution >= 4 is 17.5 Å². The van der Waals surface area contributed by atoms with Crippen LogP contribution in [-0.4, -0.2) is 25.0 Å². The fourth-order valence-electron chi connectivity index (χ4n) is 3.34. The van der Waals surface area contributed by atoms with Gasteiger partial charge >= 0.3 is 0 Å². The molecule has 2 aromatic carbocycles. The van der Waals surface area contributed by atoms with Gasteiger partial charge in [-0.2, -0.15) is 0 Å². The van der Waals surface area contributed by atoms with Crippen LogP contribution in [0, 0.1) is 5.92 Å². The second-order valence-corrected chi connectivity index (χ2v) is 6.91. The van der Waals surface area contributed by atoms with Crippen LogP contribution < -0.4 is 15.4 Å². The zero-order valence-electron chi connectivity index (χ0n) is 15.4. The van der Waals surface area contributed by atoms with E-state index in [1.807, 2.05) is 30.3 Å². The summed E-state index contributed by atoms with van der Waals surface area (Å²) in [6.07, 6.45) is 6.17. The topological polar surface area (TPSA) is 67.4 Å². The monoisotopic (exact) mass is 366 g/mol. The molecule has 0 unspecified atom stereocenters. The number of carbonyl (C=O) groups excluding carboxylic acids is 2. The number of ether oxygens (including phenoxy) is 1. The molecule has 2 N–H and O–H groups in total. The van der Waals surface area contributed by atoms with E-state index < -0.39 is 0 Å². The molecule has 2 aromatic rings. The molecule has 0 heterocycles. The first-order valence-electron chi connectivity index (χ1n) is 9.57. The van der Waals surface area contributed by atoms with Crippen LogP contribution in [0.3, 0.4) is 0 Å². The maximum Gasteiger partial charge on any atom is 0.259 e. The predicted molar refractivity (Wildman–Crippen MR) is 106 cm³/mol. The van der Waals surface area contributed by atoms with Gasteiger partial charge in [0.2, 0.25) is 0 Å². The van der Waals surface area contributed by atoms with Gasteiger partial charge in [-0.15, -0.1) is 0 Å². The van der Waals surface area contributed by atoms with Crippen LogP contribution in [0.25, 0.3) is 0 Å². The zero-order valence-corrected chi connectivity index (χ0v) is 15.4. The number of nitrogens with one attached hydrogen (secondary N) is 2. The maximum absolute atomic E-state index is 12.5. The fourth-order valence-corrected chi connectivity index (χ4v) is 3.34. The normalized spacial score (nSPS) is 14.4. The molecule has 142 valence electrons. The minimum Gasteiger partial charge on any atom is -0.483 e. The zero-order chi connectivity index (χ0) is 18.9. The molecule has 0 radical (unpaired) electrons. The molecule has 0 spiro atoms. The SMILES string of the molecule is O=C(COc1ccccc1C(=O)Nc1ccccc1)NCC1CCCCC1. The number of anilines is 1. The van der Waals surface area contributed by atoms with Crippen molar-refractivity contribution in [1.29, 1.82) is 0 Å². The summed E-state index contributed by atoms with van der Waals surface area (Å²) in [7, 11) is 0. The van der Waals surface area contributed by atoms with Gasteiger partial charge in [-0.05, 0) is 43.0 Å². The van der Waals surface area contributed by atoms with Gasteiger partial charge in [0.15, 0.2) is 6.61 Å². The molecule has 0 atom stereocenters. The van der Waals surface area contributed by atoms with Crippen molar-refractivity contribution in [3.05, 3.63) is 60.2 Å². The van der Waals surface area contributed by atoms with Gasteiger partial charge in [-0.3, -0.25) is 9.59 Å². The number of benzene rings is 2. The molecule has 0 bridgehead atoms. The van der Waals surface area contributed by atoms with Gasteiger partial charge in [-0.25, -0.2) is 0 Å². The highest BCUT2D eigenvalue weighted by atomic mass is 16.5. The first-order valence-corrected chi connectivity index (χ1v) is 9.57. The quantitative estimate of drug-likeness (QED) is 0.778. The van der Waals surface area contributed by atoms with Crippen LogP contribution in [0.4, 0.5) is 5.69 Å². The third-order valence-corrected chi connectivity index (χ3v) is 4.83. The van der Waals surface area contributed by atoms with E-state index in [-0.39, 0.29) is 18.4 Å². The van der Waals surface area contributed by atoms with E-state index in [4.69, 9.17) is 4.74 Å². The summed E-state index contributed by atoms with van der Waals surface area (Å²) in [5.74, 6) is 0.559. The molecule has 5 heteroatoms. The largest absolute Gasteiger partial charge is 0.483 e. The van der Waals surface area contributed by atoms with Gasteiger partial charge in [0.25, 0.3) is 11.8 Å². The number of para-hydroxylation sites is 2. The molecule has 1 fully saturated rings. The minimum atomic E-state index is -0.264. The van der Waals surface area contributed by atoms with Gasteiger partial charge in [0.05, 0.1) is 5.56 Å². The molecular formula is C22H26N2O3. The van der Waals surface area contributed by atoms with E-state index in [1.165, 1.54) is 32.1 Å². The van der Waals surface area contributed by atoms with Crippen molar-refractivity contribution in [2.24, 2.45) is 5.92 Å². The summed E-state index contributed by atoms with van der Waals surface area (Å²) < 4.78 is 5.62. The lowest BCUT2D eigenvalue weighted by atomic mass is 9.89. The Morgan fingerprint density at radius 1 is 0.926 bits per heavy atom. The summed E-state index contributed by atoms with van der Waals surface area (Å²) >= 11 is 0. The highest BCUT2D eigenvalue weighted by molar-refractivity contribution is 6.06. The summed E-state index contributed by atoms with van der Waals surface area (Å²) in [6.45, 7) is 0.612. The van der Waals surface area contributed by atoms with E-state index in [1.54, 1.807) is 24.3 Å². The molecule has 27 heavy (non-hydrogen) atoms. The number of rotatable bonds is 7. The average Bonchev–Trinajstić information content (AvgIpc) is 2.72. The predicted octanol–water partition coefficient (Wildman–Crippen LogP) is 4.01. The standard InChI is InChI=1S/C22H26N2O3/c25-21(23-15-17-9-3-1-4-10-17)16-27-20-14-8-7-13-19(20)22(26)24-18-11-5-2-6-12-18/h2,5-8,11-14,17H,1,3-4,9-10,15-16H2,(H,23,25)(H,24,26). The summed E-state index contributed by atoms with van der Waals surface area (Å²) in [6, 6.07) is 16.2. The van der Waals surface area contributed by atoms with Crippen LogP contribution in [0.2, 0.25) is 0 Å². The van der Waals surface area contributed by atoms with Crippen molar-refractivity contribution in [3.63, 3.8) is 0 Å². The van der Waals surface area contributed by atoms with Crippen molar-refractivity contribution in [1.82, 2.24) is 5.32 Å². The van der Waals surface area contributed by atoms with Crippen LogP contribution in [0.15, 0.2) is 54.6 Å². The Balaban J connectivity index is 1.52. The van der Waals surface area contributed by atoms with Crippen LogP contribution >= 0.6 is 0 Å². The van der Waals surface area contributed by atoms with Gasteiger partial charge in [0.1, 0.15) is 5.75 Å². The third kappa shape index (κ3) is 5.84. The third-order valence-electron chi connectivity index (χ3n) is 4.83. The molecule has 1 aliphatic rings. The Morgan fingerprint density at radius 2 is 1.63 bits per heavy atom. The van der Waals surface area contributed by atoms with E-state index >= 15 is 0 Å². The number of amides is 2. The van der Waals surface area contributed by atoms with Gasteiger partial charge in [-0.1, -0.05) is 49.6 Å². The first-order chi connectivity index (χ1) is 13.2. The number of carbonyl (C=O) groups is 2. The van der Waals surface area contributed by atoms with Crippen molar-refractivity contribution in [2.75, 3.05) is 18.5 Å². The van der Waals surface area contributed by atoms with Gasteiger partial charge in [0, 0.05) is 12.2 Å². The van der Waals surface area contributed by atoms with E-state index in [0.717, 1.165) is 0 Å². The van der Waals surface area contributed by atoms with Crippen LogP contribution in [0.5, 0.6) is 5.75 Å². The van der Waals surface area contributed by atoms with E-state index in [0.29, 0.717) is 29.5 Å². The molecule has 0 saturated heterocycles. The molecule has 3 rings (SSSR count). The number of hydrogen-bond donors (Lipinski definition) is 2. The lowest BCUT2D eigenvalue weighted by Crippen LogP contribution is -2.34. The van der Waals surface area contributed by atoms with Crippen LogP contribution in [-0.2, 0) is 4.79 Å². The Labute approximate surface area is 160 Å². The van der Waals surface area contributed by atoms with Gasteiger partial charge < -0.3 is 15.4 Å². The fraction of sp³-hybridized carbons (Fsp3) is 0.364. The molecule has 1 aliphatic carbocycles. The summed E-state index contributed by atoms with van der Waals surface area (Å²) in [5.41, 5.74) is 1.11. The highest BCUT2D eigenvalue weighted by Gasteiger charge is 2.16. The second-order valence-electron chi connectivity index (χ2n) is 6.91. The molecule has 1 saturated carbocycles. The second kappa shape index (κ2) is 9.76. The molecule has 0 aliphatic heterocycles. The minimum absolute atomic E-state index is 0.0949. The van der Waals surface area contributed by atoms with E-state index in [2.05, 4.69) is 10.6 Å². The number of hydrogen-bond acceptors (Lipinski definition) is 3. The molecule has 5 nitrogen and oxygen atoms in total. The lowest BCUT2D eigenvalue weighted by molar-refractivity contribution is -0.123. The Kier molecular flexibility index (Phi) is 6.85. The maximum atomic E-state index is 12.5. The molecule has 0 aromatic heterocycles. The van der Waals surface area contributed by atoms with Crippen molar-refractivity contribution < 1.29 is 14.3 Å². The van der Waals surface area contributed by atoms with Crippen molar-refractivity contribution in [2.45, 2.75) is 32.1 Å². The lowest BCUT2D eigenvalue weighted by Gasteiger charge is -2.21. The molecule has 2 amide bonds. The average molecular weight is 366 g/mol. The smallest absolute Gasteiger partial charge is 0.259 e. The van der Waals surface area contributed by atoms with E-state index in [9.17, 15) is 9.59 Å². The summed E-state index contributed by atoms with van der Waals surface area (Å²) in [4.78, 5) is 24.6. The first kappa shape index (κ1) is 19.0. The molecular weight excluding hydrogens is 340 g/mol. The van der Waals surface area contributed by atoms with Crippen LogP contribution in [0.1, 0.15) is 42.5 Å². The Morgan fingerprint density at radius 3 is 2.41 bits per heavy atom. The summed E-state index contributed by atoms with van der Waals surface area (Å²) in [5, 5.41) is 5.78.